The lowest BCUT2D eigenvalue weighted by molar-refractivity contribution is 0.323. The Bertz CT molecular complexity index is 207. The van der Waals surface area contributed by atoms with Crippen LogP contribution >= 0.6 is 11.8 Å². The first-order valence-corrected chi connectivity index (χ1v) is 6.14. The monoisotopic (exact) mass is 216 g/mol. The zero-order valence-corrected chi connectivity index (χ0v) is 9.97. The number of nitrogens with two attached hydrogens (primary N) is 1. The molecular weight excluding hydrogens is 196 g/mol. The van der Waals surface area contributed by atoms with Gasteiger partial charge in [-0.15, -0.1) is 0 Å². The summed E-state index contributed by atoms with van der Waals surface area (Å²) in [5.74, 6) is 7.44. The van der Waals surface area contributed by atoms with Crippen LogP contribution in [0.15, 0.2) is 4.99 Å². The molecule has 2 atom stereocenters. The molecule has 0 aliphatic carbocycles. The molecule has 14 heavy (non-hydrogen) atoms. The average molecular weight is 216 g/mol. The Labute approximate surface area is 90.3 Å². The first kappa shape index (κ1) is 11.7. The topological polar surface area (TPSA) is 53.6 Å². The third-order valence-corrected chi connectivity index (χ3v) is 3.93. The number of thioether (sulfide) groups is 1. The van der Waals surface area contributed by atoms with Gasteiger partial charge in [-0.05, 0) is 13.8 Å². The fourth-order valence-electron chi connectivity index (χ4n) is 1.60. The van der Waals surface area contributed by atoms with Gasteiger partial charge in [-0.2, -0.15) is 11.8 Å². The molecule has 0 aromatic carbocycles. The molecule has 0 radical (unpaired) electrons. The van der Waals surface area contributed by atoms with Crippen LogP contribution in [0.3, 0.4) is 0 Å². The van der Waals surface area contributed by atoms with Gasteiger partial charge in [-0.1, -0.05) is 6.92 Å². The lowest BCUT2D eigenvalue weighted by Gasteiger charge is -2.39. The van der Waals surface area contributed by atoms with Gasteiger partial charge in [0.25, 0.3) is 0 Å². The summed E-state index contributed by atoms with van der Waals surface area (Å²) in [6.45, 7) is 8.29. The third kappa shape index (κ3) is 2.54. The van der Waals surface area contributed by atoms with Gasteiger partial charge in [0.15, 0.2) is 0 Å². The number of nitrogens with one attached hydrogen (secondary N) is 1. The van der Waals surface area contributed by atoms with Crippen molar-refractivity contribution in [2.45, 2.75) is 32.1 Å². The normalized spacial score (nSPS) is 29.1. The van der Waals surface area contributed by atoms with Gasteiger partial charge < -0.3 is 4.90 Å². The molecule has 3 N–H and O–H groups in total. The number of guanidine groups is 1. The summed E-state index contributed by atoms with van der Waals surface area (Å²) in [7, 11) is 0. The van der Waals surface area contributed by atoms with E-state index in [9.17, 15) is 0 Å². The molecule has 0 amide bonds. The molecule has 1 aliphatic rings. The first-order chi connectivity index (χ1) is 6.70. The Balaban J connectivity index is 2.68. The molecule has 0 aromatic rings. The number of hydrogen-bond acceptors (Lipinski definition) is 3. The van der Waals surface area contributed by atoms with Gasteiger partial charge in [-0.3, -0.25) is 10.4 Å². The van der Waals surface area contributed by atoms with Crippen LogP contribution in [0.5, 0.6) is 0 Å². The van der Waals surface area contributed by atoms with E-state index in [4.69, 9.17) is 5.84 Å². The largest absolute Gasteiger partial charge is 0.337 e. The van der Waals surface area contributed by atoms with Crippen LogP contribution in [-0.2, 0) is 0 Å². The van der Waals surface area contributed by atoms with Crippen molar-refractivity contribution in [3.05, 3.63) is 0 Å². The maximum atomic E-state index is 5.47. The fourth-order valence-corrected chi connectivity index (χ4v) is 2.70. The summed E-state index contributed by atoms with van der Waals surface area (Å²) in [6, 6.07) is 0.495. The van der Waals surface area contributed by atoms with Gasteiger partial charge in [0.05, 0.1) is 0 Å². The molecule has 0 spiro atoms. The van der Waals surface area contributed by atoms with Gasteiger partial charge in [0.2, 0.25) is 5.96 Å². The SMILES string of the molecule is CCN=C(NN)N1CCSC(C)C1C. The molecule has 82 valence electrons. The summed E-state index contributed by atoms with van der Waals surface area (Å²) < 4.78 is 0. The van der Waals surface area contributed by atoms with Crippen molar-refractivity contribution in [3.63, 3.8) is 0 Å². The number of nitrogens with zero attached hydrogens (tertiary/aromatic N) is 2. The molecule has 1 aliphatic heterocycles. The predicted octanol–water partition coefficient (Wildman–Crippen LogP) is 0.651. The lowest BCUT2D eigenvalue weighted by Crippen LogP contribution is -2.54. The van der Waals surface area contributed by atoms with E-state index in [1.54, 1.807) is 0 Å². The molecule has 1 heterocycles. The number of hydrazine groups is 1. The second kappa shape index (κ2) is 5.46. The second-order valence-corrected chi connectivity index (χ2v) is 4.94. The zero-order chi connectivity index (χ0) is 10.6. The molecule has 1 saturated heterocycles. The smallest absolute Gasteiger partial charge is 0.208 e. The summed E-state index contributed by atoms with van der Waals surface area (Å²) in [5.41, 5.74) is 2.69. The molecule has 4 nitrogen and oxygen atoms in total. The quantitative estimate of drug-likeness (QED) is 0.292. The fraction of sp³-hybridized carbons (Fsp3) is 0.889. The van der Waals surface area contributed by atoms with E-state index in [-0.39, 0.29) is 0 Å². The van der Waals surface area contributed by atoms with Crippen molar-refractivity contribution < 1.29 is 0 Å². The van der Waals surface area contributed by atoms with Crippen molar-refractivity contribution in [2.75, 3.05) is 18.8 Å². The van der Waals surface area contributed by atoms with E-state index in [1.807, 2.05) is 18.7 Å². The van der Waals surface area contributed by atoms with E-state index >= 15 is 0 Å². The Morgan fingerprint density at radius 2 is 2.36 bits per heavy atom. The molecular formula is C9H20N4S. The number of rotatable bonds is 1. The van der Waals surface area contributed by atoms with Crippen molar-refractivity contribution in [1.82, 2.24) is 10.3 Å². The van der Waals surface area contributed by atoms with E-state index in [2.05, 4.69) is 29.2 Å². The number of hydrogen-bond donors (Lipinski definition) is 2. The summed E-state index contributed by atoms with van der Waals surface area (Å²) >= 11 is 2.01. The van der Waals surface area contributed by atoms with Gasteiger partial charge in [-0.25, -0.2) is 5.84 Å². The Morgan fingerprint density at radius 1 is 1.64 bits per heavy atom. The number of aliphatic imine (C=N–C) groups is 1. The molecule has 0 bridgehead atoms. The maximum Gasteiger partial charge on any atom is 0.208 e. The lowest BCUT2D eigenvalue weighted by atomic mass is 10.2. The molecule has 1 fully saturated rings. The highest BCUT2D eigenvalue weighted by Crippen LogP contribution is 2.23. The molecule has 1 rings (SSSR count). The minimum atomic E-state index is 0.495. The highest BCUT2D eigenvalue weighted by molar-refractivity contribution is 8.00. The summed E-state index contributed by atoms with van der Waals surface area (Å²) in [5, 5.41) is 0.638. The maximum absolute atomic E-state index is 5.47. The van der Waals surface area contributed by atoms with Gasteiger partial charge in [0.1, 0.15) is 0 Å². The Morgan fingerprint density at radius 3 is 2.93 bits per heavy atom. The molecule has 0 aromatic heterocycles. The first-order valence-electron chi connectivity index (χ1n) is 5.10. The van der Waals surface area contributed by atoms with Crippen LogP contribution in [0.4, 0.5) is 0 Å². The van der Waals surface area contributed by atoms with Crippen molar-refractivity contribution in [3.8, 4) is 0 Å². The van der Waals surface area contributed by atoms with E-state index < -0.39 is 0 Å². The van der Waals surface area contributed by atoms with Crippen LogP contribution in [0.2, 0.25) is 0 Å². The van der Waals surface area contributed by atoms with Crippen LogP contribution in [0.1, 0.15) is 20.8 Å². The predicted molar refractivity (Wildman–Crippen MR) is 63.4 cm³/mol. The molecule has 5 heteroatoms. The molecule has 2 unspecified atom stereocenters. The Hall–Kier alpha value is -0.420. The van der Waals surface area contributed by atoms with Crippen LogP contribution in [-0.4, -0.2) is 41.0 Å². The minimum absolute atomic E-state index is 0.495. The zero-order valence-electron chi connectivity index (χ0n) is 9.16. The summed E-state index contributed by atoms with van der Waals surface area (Å²) in [4.78, 5) is 6.60. The third-order valence-electron chi connectivity index (χ3n) is 2.59. The van der Waals surface area contributed by atoms with Crippen LogP contribution < -0.4 is 11.3 Å². The highest BCUT2D eigenvalue weighted by atomic mass is 32.2. The highest BCUT2D eigenvalue weighted by Gasteiger charge is 2.27. The second-order valence-electron chi connectivity index (χ2n) is 3.45. The van der Waals surface area contributed by atoms with E-state index in [0.717, 1.165) is 24.8 Å². The van der Waals surface area contributed by atoms with Gasteiger partial charge >= 0.3 is 0 Å². The minimum Gasteiger partial charge on any atom is -0.337 e. The van der Waals surface area contributed by atoms with E-state index in [1.165, 1.54) is 0 Å². The van der Waals surface area contributed by atoms with Crippen molar-refractivity contribution in [2.24, 2.45) is 10.8 Å². The Kier molecular flexibility index (Phi) is 4.54. The standard InChI is InChI=1S/C9H20N4S/c1-4-11-9(12-10)13-5-6-14-8(3)7(13)2/h7-8H,4-6,10H2,1-3H3,(H,11,12). The average Bonchev–Trinajstić information content (AvgIpc) is 2.19. The van der Waals surface area contributed by atoms with Crippen molar-refractivity contribution >= 4 is 17.7 Å². The van der Waals surface area contributed by atoms with Crippen LogP contribution in [0, 0.1) is 0 Å². The van der Waals surface area contributed by atoms with E-state index in [0.29, 0.717) is 11.3 Å². The van der Waals surface area contributed by atoms with Crippen LogP contribution in [0.25, 0.3) is 0 Å². The van der Waals surface area contributed by atoms with Gasteiger partial charge in [0, 0.05) is 30.1 Å². The molecule has 0 saturated carbocycles. The van der Waals surface area contributed by atoms with Crippen molar-refractivity contribution in [1.29, 1.82) is 0 Å². The summed E-state index contributed by atoms with van der Waals surface area (Å²) in [6.07, 6.45) is 0.